The van der Waals surface area contributed by atoms with Crippen LogP contribution in [0.1, 0.15) is 41.9 Å². The molecule has 192 valence electrons. The van der Waals surface area contributed by atoms with E-state index < -0.39 is 0 Å². The Balaban J connectivity index is 1.41. The number of rotatable bonds is 10. The van der Waals surface area contributed by atoms with E-state index in [9.17, 15) is 9.59 Å². The van der Waals surface area contributed by atoms with Gasteiger partial charge in [0.15, 0.2) is 11.5 Å². The molecule has 1 saturated heterocycles. The smallest absolute Gasteiger partial charge is 0.251 e. The molecule has 1 aliphatic rings. The normalized spacial score (nSPS) is 13.5. The highest BCUT2D eigenvalue weighted by Crippen LogP contribution is 2.38. The minimum Gasteiger partial charge on any atom is -0.493 e. The molecule has 1 fully saturated rings. The van der Waals surface area contributed by atoms with E-state index in [2.05, 4.69) is 5.32 Å². The Kier molecular flexibility index (Phi) is 8.30. The summed E-state index contributed by atoms with van der Waals surface area (Å²) >= 11 is 0. The Morgan fingerprint density at radius 1 is 0.972 bits per heavy atom. The first-order valence-corrected chi connectivity index (χ1v) is 12.4. The van der Waals surface area contributed by atoms with Gasteiger partial charge in [0.05, 0.1) is 32.4 Å². The van der Waals surface area contributed by atoms with Crippen molar-refractivity contribution in [1.29, 1.82) is 0 Å². The summed E-state index contributed by atoms with van der Waals surface area (Å²) in [5, 5.41) is 2.95. The molecule has 1 aromatic heterocycles. The maximum absolute atomic E-state index is 13.0. The number of benzene rings is 2. The summed E-state index contributed by atoms with van der Waals surface area (Å²) in [4.78, 5) is 32.5. The zero-order chi connectivity index (χ0) is 25.5. The Morgan fingerprint density at radius 2 is 1.67 bits per heavy atom. The average molecular weight is 495 g/mol. The second kappa shape index (κ2) is 11.8. The van der Waals surface area contributed by atoms with E-state index in [1.807, 2.05) is 33.7 Å². The Bertz CT molecular complexity index is 1190. The van der Waals surface area contributed by atoms with Gasteiger partial charge in [-0.3, -0.25) is 9.59 Å². The monoisotopic (exact) mass is 494 g/mol. The van der Waals surface area contributed by atoms with Crippen LogP contribution in [0.5, 0.6) is 17.2 Å². The summed E-state index contributed by atoms with van der Waals surface area (Å²) in [6, 6.07) is 11.1. The summed E-state index contributed by atoms with van der Waals surface area (Å²) in [6.07, 6.45) is 4.63. The van der Waals surface area contributed by atoms with E-state index in [0.29, 0.717) is 42.2 Å². The Hall–Kier alpha value is -3.75. The molecule has 0 atom stereocenters. The minimum atomic E-state index is -0.233. The number of piperidine rings is 1. The number of fused-ring (bicyclic) bond motifs is 1. The minimum absolute atomic E-state index is 0.134. The summed E-state index contributed by atoms with van der Waals surface area (Å²) in [5.41, 5.74) is 2.25. The highest BCUT2D eigenvalue weighted by Gasteiger charge is 2.20. The topological polar surface area (TPSA) is 94.9 Å². The summed E-state index contributed by atoms with van der Waals surface area (Å²) in [6.45, 7) is 2.40. The third-order valence-corrected chi connectivity index (χ3v) is 6.53. The Labute approximate surface area is 211 Å². The molecule has 1 N–H and O–H groups in total. The summed E-state index contributed by atoms with van der Waals surface area (Å²) < 4.78 is 18.0. The van der Waals surface area contributed by atoms with Crippen molar-refractivity contribution in [2.24, 2.45) is 0 Å². The molecule has 2 heterocycles. The molecular formula is C27H34N4O5. The van der Waals surface area contributed by atoms with Crippen LogP contribution in [-0.2, 0) is 17.8 Å². The van der Waals surface area contributed by atoms with Crippen molar-refractivity contribution in [1.82, 2.24) is 19.8 Å². The fraction of sp³-hybridized carbons (Fsp3) is 0.444. The number of nitrogens with zero attached hydrogens (tertiary/aromatic N) is 3. The number of carbonyl (C=O) groups excluding carboxylic acids is 2. The van der Waals surface area contributed by atoms with Crippen molar-refractivity contribution in [3.05, 3.63) is 47.8 Å². The summed E-state index contributed by atoms with van der Waals surface area (Å²) in [7, 11) is 4.55. The molecule has 1 aliphatic heterocycles. The molecule has 0 saturated carbocycles. The van der Waals surface area contributed by atoms with Gasteiger partial charge < -0.3 is 29.0 Å². The molecule has 36 heavy (non-hydrogen) atoms. The molecule has 9 heteroatoms. The van der Waals surface area contributed by atoms with Gasteiger partial charge >= 0.3 is 0 Å². The molecule has 0 unspecified atom stereocenters. The number of hydrogen-bond acceptors (Lipinski definition) is 6. The zero-order valence-corrected chi connectivity index (χ0v) is 21.2. The number of ether oxygens (including phenoxy) is 3. The number of hydrogen-bond donors (Lipinski definition) is 1. The lowest BCUT2D eigenvalue weighted by Gasteiger charge is -2.27. The standard InChI is InChI=1S/C27H34N4O5/c1-34-22-16-19(17-23(35-2)26(22)36-3)27(33)28-13-9-12-24-29-20-10-5-6-11-21(20)31(24)18-25(32)30-14-7-4-8-15-30/h5-6,10-11,16-17H,4,7-9,12-15,18H2,1-3H3,(H,28,33). The lowest BCUT2D eigenvalue weighted by molar-refractivity contribution is -0.132. The lowest BCUT2D eigenvalue weighted by Crippen LogP contribution is -2.38. The number of imidazole rings is 1. The molecule has 0 aliphatic carbocycles. The lowest BCUT2D eigenvalue weighted by atomic mass is 10.1. The van der Waals surface area contributed by atoms with Crippen LogP contribution in [0.15, 0.2) is 36.4 Å². The molecule has 3 aromatic rings. The van der Waals surface area contributed by atoms with E-state index in [-0.39, 0.29) is 18.4 Å². The molecule has 4 rings (SSSR count). The van der Waals surface area contributed by atoms with Crippen LogP contribution >= 0.6 is 0 Å². The van der Waals surface area contributed by atoms with E-state index in [0.717, 1.165) is 42.8 Å². The van der Waals surface area contributed by atoms with Gasteiger partial charge in [-0.1, -0.05) is 12.1 Å². The molecule has 0 radical (unpaired) electrons. The van der Waals surface area contributed by atoms with Crippen LogP contribution in [0, 0.1) is 0 Å². The first-order valence-electron chi connectivity index (χ1n) is 12.4. The molecule has 0 bridgehead atoms. The summed E-state index contributed by atoms with van der Waals surface area (Å²) in [5.74, 6) is 2.04. The van der Waals surface area contributed by atoms with Crippen molar-refractivity contribution in [3.8, 4) is 17.2 Å². The molecule has 0 spiro atoms. The van der Waals surface area contributed by atoms with Gasteiger partial charge in [0.1, 0.15) is 12.4 Å². The number of aryl methyl sites for hydroxylation is 1. The highest BCUT2D eigenvalue weighted by atomic mass is 16.5. The van der Waals surface area contributed by atoms with Crippen LogP contribution in [0.2, 0.25) is 0 Å². The van der Waals surface area contributed by atoms with Gasteiger partial charge in [-0.25, -0.2) is 4.98 Å². The van der Waals surface area contributed by atoms with Crippen molar-refractivity contribution in [2.45, 2.75) is 38.6 Å². The first kappa shape index (κ1) is 25.3. The van der Waals surface area contributed by atoms with Crippen molar-refractivity contribution < 1.29 is 23.8 Å². The van der Waals surface area contributed by atoms with Crippen LogP contribution in [-0.4, -0.2) is 67.2 Å². The number of likely N-dealkylation sites (tertiary alicyclic amines) is 1. The molecule has 9 nitrogen and oxygen atoms in total. The predicted octanol–water partition coefficient (Wildman–Crippen LogP) is 3.44. The van der Waals surface area contributed by atoms with Crippen molar-refractivity contribution in [3.63, 3.8) is 0 Å². The second-order valence-corrected chi connectivity index (χ2v) is 8.82. The SMILES string of the molecule is COc1cc(C(=O)NCCCc2nc3ccccc3n2CC(=O)N2CCCCC2)cc(OC)c1OC. The van der Waals surface area contributed by atoms with Gasteiger partial charge in [0.25, 0.3) is 5.91 Å². The fourth-order valence-electron chi connectivity index (χ4n) is 4.63. The van der Waals surface area contributed by atoms with Crippen molar-refractivity contribution >= 4 is 22.8 Å². The molecular weight excluding hydrogens is 460 g/mol. The number of carbonyl (C=O) groups is 2. The van der Waals surface area contributed by atoms with E-state index in [1.165, 1.54) is 27.8 Å². The quantitative estimate of drug-likeness (QED) is 0.434. The maximum atomic E-state index is 13.0. The van der Waals surface area contributed by atoms with Gasteiger partial charge in [-0.15, -0.1) is 0 Å². The number of nitrogens with one attached hydrogen (secondary N) is 1. The van der Waals surface area contributed by atoms with Gasteiger partial charge in [-0.05, 0) is 49.9 Å². The maximum Gasteiger partial charge on any atom is 0.251 e. The third-order valence-electron chi connectivity index (χ3n) is 6.53. The van der Waals surface area contributed by atoms with Crippen LogP contribution < -0.4 is 19.5 Å². The van der Waals surface area contributed by atoms with Gasteiger partial charge in [-0.2, -0.15) is 0 Å². The number of para-hydroxylation sites is 2. The van der Waals surface area contributed by atoms with E-state index in [4.69, 9.17) is 19.2 Å². The zero-order valence-electron chi connectivity index (χ0n) is 21.2. The Morgan fingerprint density at radius 3 is 2.33 bits per heavy atom. The fourth-order valence-corrected chi connectivity index (χ4v) is 4.63. The predicted molar refractivity (Wildman–Crippen MR) is 137 cm³/mol. The first-order chi connectivity index (χ1) is 17.5. The van der Waals surface area contributed by atoms with Gasteiger partial charge in [0.2, 0.25) is 11.7 Å². The van der Waals surface area contributed by atoms with Crippen LogP contribution in [0.25, 0.3) is 11.0 Å². The van der Waals surface area contributed by atoms with Crippen LogP contribution in [0.3, 0.4) is 0 Å². The third kappa shape index (κ3) is 5.56. The molecule has 2 amide bonds. The van der Waals surface area contributed by atoms with Crippen molar-refractivity contribution in [2.75, 3.05) is 41.0 Å². The van der Waals surface area contributed by atoms with E-state index >= 15 is 0 Å². The van der Waals surface area contributed by atoms with Crippen LogP contribution in [0.4, 0.5) is 0 Å². The number of amides is 2. The average Bonchev–Trinajstić information content (AvgIpc) is 3.27. The second-order valence-electron chi connectivity index (χ2n) is 8.82. The van der Waals surface area contributed by atoms with Gasteiger partial charge in [0, 0.05) is 31.6 Å². The largest absolute Gasteiger partial charge is 0.493 e. The highest BCUT2D eigenvalue weighted by molar-refractivity contribution is 5.95. The molecule has 2 aromatic carbocycles. The number of methoxy groups -OCH3 is 3. The van der Waals surface area contributed by atoms with E-state index in [1.54, 1.807) is 12.1 Å². The number of aromatic nitrogens is 2.